The maximum atomic E-state index is 12.5. The highest BCUT2D eigenvalue weighted by Gasteiger charge is 2.32. The van der Waals surface area contributed by atoms with E-state index in [1.54, 1.807) is 18.7 Å². The molecule has 1 heterocycles. The van der Waals surface area contributed by atoms with Gasteiger partial charge in [0.1, 0.15) is 15.9 Å². The van der Waals surface area contributed by atoms with Crippen LogP contribution < -0.4 is 16.2 Å². The van der Waals surface area contributed by atoms with E-state index in [0.29, 0.717) is 17.0 Å². The SMILES string of the molecule is CSCC[C@@H](NC(=O)C1CC1)C(=O)NNC(=O)c1sc(-c2ccccc2)nc1C. The van der Waals surface area contributed by atoms with Crippen LogP contribution in [0.4, 0.5) is 0 Å². The minimum absolute atomic E-state index is 0.0189. The first kappa shape index (κ1) is 21.3. The summed E-state index contributed by atoms with van der Waals surface area (Å²) >= 11 is 2.87. The third-order valence-corrected chi connectivity index (χ3v) is 6.36. The summed E-state index contributed by atoms with van der Waals surface area (Å²) in [5.41, 5.74) is 6.43. The van der Waals surface area contributed by atoms with Crippen molar-refractivity contribution in [3.63, 3.8) is 0 Å². The van der Waals surface area contributed by atoms with E-state index in [-0.39, 0.29) is 11.8 Å². The van der Waals surface area contributed by atoms with Crippen molar-refractivity contribution in [3.8, 4) is 10.6 Å². The number of nitrogens with zero attached hydrogens (tertiary/aromatic N) is 1. The minimum Gasteiger partial charge on any atom is -0.344 e. The first-order chi connectivity index (χ1) is 14.0. The van der Waals surface area contributed by atoms with Gasteiger partial charge in [-0.1, -0.05) is 30.3 Å². The van der Waals surface area contributed by atoms with Crippen molar-refractivity contribution >= 4 is 40.8 Å². The fourth-order valence-electron chi connectivity index (χ4n) is 2.71. The van der Waals surface area contributed by atoms with Crippen LogP contribution in [0.25, 0.3) is 10.6 Å². The van der Waals surface area contributed by atoms with Gasteiger partial charge in [0.25, 0.3) is 11.8 Å². The standard InChI is InChI=1S/C20H24N4O3S2/c1-12-16(29-20(21-12)14-6-4-3-5-7-14)19(27)24-23-18(26)15(10-11-28-2)22-17(25)13-8-9-13/h3-7,13,15H,8-11H2,1-2H3,(H,22,25)(H,23,26)(H,24,27)/t15-/m1/s1. The highest BCUT2D eigenvalue weighted by molar-refractivity contribution is 7.98. The molecule has 1 fully saturated rings. The van der Waals surface area contributed by atoms with E-state index in [1.165, 1.54) is 11.3 Å². The maximum absolute atomic E-state index is 12.5. The van der Waals surface area contributed by atoms with Crippen molar-refractivity contribution in [1.82, 2.24) is 21.2 Å². The lowest BCUT2D eigenvalue weighted by atomic mass is 10.2. The first-order valence-electron chi connectivity index (χ1n) is 9.42. The number of rotatable bonds is 8. The fraction of sp³-hybridized carbons (Fsp3) is 0.400. The van der Waals surface area contributed by atoms with Gasteiger partial charge in [0.05, 0.1) is 5.69 Å². The molecular formula is C20H24N4O3S2. The summed E-state index contributed by atoms with van der Waals surface area (Å²) in [6.45, 7) is 1.76. The third-order valence-electron chi connectivity index (χ3n) is 4.51. The summed E-state index contributed by atoms with van der Waals surface area (Å²) in [4.78, 5) is 42.0. The van der Waals surface area contributed by atoms with Crippen LogP contribution in [0.2, 0.25) is 0 Å². The molecule has 7 nitrogen and oxygen atoms in total. The smallest absolute Gasteiger partial charge is 0.281 e. The highest BCUT2D eigenvalue weighted by atomic mass is 32.2. The molecule has 29 heavy (non-hydrogen) atoms. The van der Waals surface area contributed by atoms with Crippen LogP contribution in [-0.2, 0) is 9.59 Å². The largest absolute Gasteiger partial charge is 0.344 e. The number of amides is 3. The highest BCUT2D eigenvalue weighted by Crippen LogP contribution is 2.29. The lowest BCUT2D eigenvalue weighted by Crippen LogP contribution is -2.52. The molecule has 0 unspecified atom stereocenters. The van der Waals surface area contributed by atoms with Crippen LogP contribution in [0.15, 0.2) is 30.3 Å². The summed E-state index contributed by atoms with van der Waals surface area (Å²) in [7, 11) is 0. The molecule has 0 bridgehead atoms. The molecule has 1 saturated carbocycles. The average Bonchev–Trinajstić information content (AvgIpc) is 3.51. The summed E-state index contributed by atoms with van der Waals surface area (Å²) in [5.74, 6) is -0.195. The zero-order valence-corrected chi connectivity index (χ0v) is 18.0. The van der Waals surface area contributed by atoms with Crippen molar-refractivity contribution in [2.45, 2.75) is 32.2 Å². The predicted octanol–water partition coefficient (Wildman–Crippen LogP) is 2.53. The minimum atomic E-state index is -0.668. The van der Waals surface area contributed by atoms with Crippen LogP contribution in [-0.4, -0.2) is 40.8 Å². The number of aromatic nitrogens is 1. The van der Waals surface area contributed by atoms with Gasteiger partial charge in [-0.3, -0.25) is 25.2 Å². The Labute approximate surface area is 178 Å². The number of thioether (sulfide) groups is 1. The van der Waals surface area contributed by atoms with Crippen molar-refractivity contribution in [3.05, 3.63) is 40.9 Å². The second-order valence-electron chi connectivity index (χ2n) is 6.86. The molecule has 1 aromatic carbocycles. The number of nitrogens with one attached hydrogen (secondary N) is 3. The second kappa shape index (κ2) is 9.89. The van der Waals surface area contributed by atoms with Gasteiger partial charge in [-0.2, -0.15) is 11.8 Å². The Morgan fingerprint density at radius 3 is 2.59 bits per heavy atom. The number of hydrazine groups is 1. The molecule has 1 atom stereocenters. The fourth-order valence-corrected chi connectivity index (χ4v) is 4.15. The number of aryl methyl sites for hydroxylation is 1. The summed E-state index contributed by atoms with van der Waals surface area (Å²) in [5, 5.41) is 3.53. The summed E-state index contributed by atoms with van der Waals surface area (Å²) < 4.78 is 0. The van der Waals surface area contributed by atoms with Crippen LogP contribution in [0.5, 0.6) is 0 Å². The van der Waals surface area contributed by atoms with E-state index < -0.39 is 17.9 Å². The monoisotopic (exact) mass is 432 g/mol. The van der Waals surface area contributed by atoms with E-state index in [1.807, 2.05) is 36.6 Å². The molecular weight excluding hydrogens is 408 g/mol. The molecule has 0 radical (unpaired) electrons. The summed E-state index contributed by atoms with van der Waals surface area (Å²) in [6, 6.07) is 8.94. The van der Waals surface area contributed by atoms with E-state index >= 15 is 0 Å². The van der Waals surface area contributed by atoms with E-state index in [2.05, 4.69) is 21.2 Å². The van der Waals surface area contributed by atoms with Crippen LogP contribution in [0.1, 0.15) is 34.6 Å². The average molecular weight is 433 g/mol. The number of carbonyl (C=O) groups excluding carboxylic acids is 3. The Kier molecular flexibility index (Phi) is 7.27. The number of thiazole rings is 1. The summed E-state index contributed by atoms with van der Waals surface area (Å²) in [6.07, 6.45) is 4.18. The Hall–Kier alpha value is -2.39. The molecule has 9 heteroatoms. The van der Waals surface area contributed by atoms with Crippen LogP contribution in [0.3, 0.4) is 0 Å². The zero-order valence-electron chi connectivity index (χ0n) is 16.4. The van der Waals surface area contributed by atoms with Crippen molar-refractivity contribution < 1.29 is 14.4 Å². The molecule has 2 aromatic rings. The number of hydrogen-bond donors (Lipinski definition) is 3. The zero-order chi connectivity index (χ0) is 20.8. The Morgan fingerprint density at radius 2 is 1.93 bits per heavy atom. The molecule has 0 aliphatic heterocycles. The van der Waals surface area contributed by atoms with Crippen LogP contribution in [0, 0.1) is 12.8 Å². The molecule has 3 amide bonds. The first-order valence-corrected chi connectivity index (χ1v) is 11.6. The van der Waals surface area contributed by atoms with Gasteiger partial charge >= 0.3 is 0 Å². The van der Waals surface area contributed by atoms with Crippen molar-refractivity contribution in [2.24, 2.45) is 5.92 Å². The maximum Gasteiger partial charge on any atom is 0.281 e. The Bertz CT molecular complexity index is 881. The molecule has 3 rings (SSSR count). The molecule has 0 saturated heterocycles. The normalized spacial score (nSPS) is 14.1. The van der Waals surface area contributed by atoms with E-state index in [4.69, 9.17) is 0 Å². The lowest BCUT2D eigenvalue weighted by Gasteiger charge is -2.18. The van der Waals surface area contributed by atoms with Gasteiger partial charge in [-0.25, -0.2) is 4.98 Å². The van der Waals surface area contributed by atoms with E-state index in [9.17, 15) is 14.4 Å². The lowest BCUT2D eigenvalue weighted by molar-refractivity contribution is -0.130. The van der Waals surface area contributed by atoms with Crippen LogP contribution >= 0.6 is 23.1 Å². The van der Waals surface area contributed by atoms with Gasteiger partial charge in [-0.15, -0.1) is 11.3 Å². The van der Waals surface area contributed by atoms with Gasteiger partial charge in [-0.05, 0) is 38.2 Å². The predicted molar refractivity (Wildman–Crippen MR) is 116 cm³/mol. The topological polar surface area (TPSA) is 100 Å². The molecule has 0 spiro atoms. The number of benzene rings is 1. The molecule has 1 aromatic heterocycles. The van der Waals surface area contributed by atoms with Crippen molar-refractivity contribution in [2.75, 3.05) is 12.0 Å². The molecule has 3 N–H and O–H groups in total. The molecule has 154 valence electrons. The molecule has 1 aliphatic carbocycles. The van der Waals surface area contributed by atoms with Crippen molar-refractivity contribution in [1.29, 1.82) is 0 Å². The van der Waals surface area contributed by atoms with E-state index in [0.717, 1.165) is 29.2 Å². The Morgan fingerprint density at radius 1 is 1.21 bits per heavy atom. The van der Waals surface area contributed by atoms with Gasteiger partial charge in [0, 0.05) is 11.5 Å². The van der Waals surface area contributed by atoms with Gasteiger partial charge in [0.2, 0.25) is 5.91 Å². The third kappa shape index (κ3) is 5.80. The molecule has 1 aliphatic rings. The Balaban J connectivity index is 1.60. The number of hydrogen-bond acceptors (Lipinski definition) is 6. The van der Waals surface area contributed by atoms with Gasteiger partial charge < -0.3 is 5.32 Å². The second-order valence-corrected chi connectivity index (χ2v) is 8.84. The number of carbonyl (C=O) groups is 3. The van der Waals surface area contributed by atoms with Gasteiger partial charge in [0.15, 0.2) is 0 Å². The quantitative estimate of drug-likeness (QED) is 0.557.